The van der Waals surface area contributed by atoms with Crippen molar-refractivity contribution in [1.82, 2.24) is 0 Å². The van der Waals surface area contributed by atoms with Gasteiger partial charge in [-0.1, -0.05) is 60.7 Å². The first-order chi connectivity index (χ1) is 14.0. The van der Waals surface area contributed by atoms with E-state index in [1.54, 1.807) is 0 Å². The third-order valence-corrected chi connectivity index (χ3v) is 3.85. The van der Waals surface area contributed by atoms with Crippen molar-refractivity contribution in [1.29, 1.82) is 0 Å². The summed E-state index contributed by atoms with van der Waals surface area (Å²) >= 11 is 0. The molecule has 29 heavy (non-hydrogen) atoms. The molecule has 1 saturated heterocycles. The minimum atomic E-state index is -1.24. The lowest BCUT2D eigenvalue weighted by molar-refractivity contribution is 0.00415. The molecule has 2 atom stereocenters. The number of hydrogen-bond acceptors (Lipinski definition) is 7. The summed E-state index contributed by atoms with van der Waals surface area (Å²) in [6.07, 6.45) is -2.16. The van der Waals surface area contributed by atoms with Crippen LogP contribution in [0, 0.1) is 0 Å². The van der Waals surface area contributed by atoms with E-state index >= 15 is 0 Å². The van der Waals surface area contributed by atoms with Gasteiger partial charge in [-0.25, -0.2) is 9.59 Å². The van der Waals surface area contributed by atoms with Crippen molar-refractivity contribution < 1.29 is 38.7 Å². The summed E-state index contributed by atoms with van der Waals surface area (Å²) in [6, 6.07) is 18.5. The van der Waals surface area contributed by atoms with Gasteiger partial charge >= 0.3 is 12.3 Å². The van der Waals surface area contributed by atoms with Gasteiger partial charge in [0.15, 0.2) is 0 Å². The molecule has 1 aliphatic rings. The van der Waals surface area contributed by atoms with Crippen molar-refractivity contribution in [3.8, 4) is 0 Å². The summed E-state index contributed by atoms with van der Waals surface area (Å²) in [5.41, 5.74) is 1.76. The molecule has 2 aromatic carbocycles. The normalized spacial score (nSPS) is 17.6. The molecular weight excluding hydrogens is 380 g/mol. The number of ether oxygens (including phenoxy) is 4. The van der Waals surface area contributed by atoms with Crippen LogP contribution in [0.25, 0.3) is 0 Å². The molecule has 0 amide bonds. The third-order valence-electron chi connectivity index (χ3n) is 3.85. The number of carboxylic acid groups (broad SMARTS) is 1. The zero-order valence-electron chi connectivity index (χ0n) is 15.8. The molecule has 156 valence electrons. The van der Waals surface area contributed by atoms with E-state index in [-0.39, 0.29) is 25.9 Å². The van der Waals surface area contributed by atoms with Gasteiger partial charge in [0.1, 0.15) is 19.8 Å². The Morgan fingerprint density at radius 2 is 1.45 bits per heavy atom. The second-order valence-electron chi connectivity index (χ2n) is 6.22. The molecule has 2 N–H and O–H groups in total. The molecule has 1 aliphatic heterocycles. The topological polar surface area (TPSA) is 112 Å². The third kappa shape index (κ3) is 9.59. The average molecular weight is 404 g/mol. The van der Waals surface area contributed by atoms with Crippen LogP contribution < -0.4 is 0 Å². The predicted molar refractivity (Wildman–Crippen MR) is 102 cm³/mol. The molecule has 1 fully saturated rings. The van der Waals surface area contributed by atoms with Crippen LogP contribution in [-0.4, -0.2) is 47.9 Å². The van der Waals surface area contributed by atoms with Crippen molar-refractivity contribution in [2.24, 2.45) is 0 Å². The van der Waals surface area contributed by atoms with E-state index < -0.39 is 18.4 Å². The fourth-order valence-corrected chi connectivity index (χ4v) is 2.44. The number of carbonyl (C=O) groups is 2. The maximum Gasteiger partial charge on any atom is 0.508 e. The van der Waals surface area contributed by atoms with Crippen LogP contribution in [0.2, 0.25) is 0 Å². The summed E-state index contributed by atoms with van der Waals surface area (Å²) in [4.78, 5) is 21.2. The summed E-state index contributed by atoms with van der Waals surface area (Å²) in [6.45, 7) is 0.724. The van der Waals surface area contributed by atoms with Gasteiger partial charge in [0, 0.05) is 6.42 Å². The van der Waals surface area contributed by atoms with Crippen LogP contribution >= 0.6 is 0 Å². The number of aliphatic hydroxyl groups is 1. The highest BCUT2D eigenvalue weighted by Crippen LogP contribution is 2.13. The van der Waals surface area contributed by atoms with Crippen LogP contribution in [-0.2, 0) is 32.2 Å². The second-order valence-corrected chi connectivity index (χ2v) is 6.22. The highest BCUT2D eigenvalue weighted by Gasteiger charge is 2.24. The van der Waals surface area contributed by atoms with Gasteiger partial charge < -0.3 is 29.2 Å². The maximum absolute atomic E-state index is 11.3. The van der Waals surface area contributed by atoms with E-state index in [0.717, 1.165) is 11.1 Å². The first-order valence-electron chi connectivity index (χ1n) is 9.05. The number of aliphatic hydroxyl groups excluding tert-OH is 1. The van der Waals surface area contributed by atoms with E-state index in [2.05, 4.69) is 4.74 Å². The quantitative estimate of drug-likeness (QED) is 0.705. The standard InChI is InChI=1S/C13H16O5.C8H8O3/c14-11-6-12(16-8-11)9-18-13(15)17-7-10-4-2-1-3-5-10;9-8(10)11-6-7-4-2-1-3-5-7/h1-5,11-12,14H,6-9H2;1-5H,6H2,(H,9,10). The largest absolute Gasteiger partial charge is 0.508 e. The summed E-state index contributed by atoms with van der Waals surface area (Å²) < 4.78 is 19.4. The van der Waals surface area contributed by atoms with Crippen LogP contribution in [0.4, 0.5) is 9.59 Å². The molecule has 3 rings (SSSR count). The Hall–Kier alpha value is -3.10. The van der Waals surface area contributed by atoms with Crippen molar-refractivity contribution in [2.45, 2.75) is 31.8 Å². The zero-order chi connectivity index (χ0) is 20.9. The lowest BCUT2D eigenvalue weighted by Gasteiger charge is -2.10. The molecule has 0 aliphatic carbocycles. The number of hydrogen-bond donors (Lipinski definition) is 2. The van der Waals surface area contributed by atoms with Gasteiger partial charge in [-0.15, -0.1) is 0 Å². The lowest BCUT2D eigenvalue weighted by atomic mass is 10.2. The molecule has 8 nitrogen and oxygen atoms in total. The fraction of sp³-hybridized carbons (Fsp3) is 0.333. The van der Waals surface area contributed by atoms with E-state index in [4.69, 9.17) is 19.3 Å². The van der Waals surface area contributed by atoms with Crippen LogP contribution in [0.1, 0.15) is 17.5 Å². The number of rotatable bonds is 6. The first-order valence-corrected chi connectivity index (χ1v) is 9.05. The Bertz CT molecular complexity index is 735. The summed E-state index contributed by atoms with van der Waals surface area (Å²) in [7, 11) is 0. The predicted octanol–water partition coefficient (Wildman–Crippen LogP) is 3.37. The Morgan fingerprint density at radius 3 is 1.93 bits per heavy atom. The van der Waals surface area contributed by atoms with Crippen molar-refractivity contribution in [3.63, 3.8) is 0 Å². The molecule has 0 spiro atoms. The molecule has 2 aromatic rings. The van der Waals surface area contributed by atoms with E-state index in [9.17, 15) is 14.7 Å². The molecule has 0 radical (unpaired) electrons. The maximum atomic E-state index is 11.3. The van der Waals surface area contributed by atoms with Gasteiger partial charge in [-0.2, -0.15) is 0 Å². The van der Waals surface area contributed by atoms with E-state index in [0.29, 0.717) is 13.0 Å². The van der Waals surface area contributed by atoms with Crippen LogP contribution in [0.15, 0.2) is 60.7 Å². The van der Waals surface area contributed by atoms with Gasteiger partial charge in [-0.3, -0.25) is 0 Å². The molecule has 8 heteroatoms. The highest BCUT2D eigenvalue weighted by atomic mass is 16.7. The SMILES string of the molecule is O=C(O)OCc1ccccc1.O=C(OCc1ccccc1)OCC1CC(O)CO1. The van der Waals surface area contributed by atoms with Crippen LogP contribution in [0.3, 0.4) is 0 Å². The van der Waals surface area contributed by atoms with Gasteiger partial charge in [0.25, 0.3) is 0 Å². The van der Waals surface area contributed by atoms with Gasteiger partial charge in [-0.05, 0) is 11.1 Å². The van der Waals surface area contributed by atoms with Crippen molar-refractivity contribution in [3.05, 3.63) is 71.8 Å². The molecule has 1 heterocycles. The van der Waals surface area contributed by atoms with Gasteiger partial charge in [0.05, 0.1) is 18.8 Å². The Kier molecular flexibility index (Phi) is 9.47. The Labute approximate surface area is 168 Å². The molecule has 2 unspecified atom stereocenters. The molecule has 0 aromatic heterocycles. The average Bonchev–Trinajstić information content (AvgIpc) is 3.16. The van der Waals surface area contributed by atoms with Crippen molar-refractivity contribution >= 4 is 12.3 Å². The lowest BCUT2D eigenvalue weighted by Crippen LogP contribution is -2.19. The fourth-order valence-electron chi connectivity index (χ4n) is 2.44. The number of carbonyl (C=O) groups excluding carboxylic acids is 1. The van der Waals surface area contributed by atoms with Gasteiger partial charge in [0.2, 0.25) is 0 Å². The summed E-state index contributed by atoms with van der Waals surface area (Å²) in [5.74, 6) is 0. The van der Waals surface area contributed by atoms with Crippen LogP contribution in [0.5, 0.6) is 0 Å². The zero-order valence-corrected chi connectivity index (χ0v) is 15.8. The second kappa shape index (κ2) is 12.4. The first kappa shape index (κ1) is 22.2. The Balaban J connectivity index is 0.000000234. The molecular formula is C21H24O8. The summed E-state index contributed by atoms with van der Waals surface area (Å²) in [5, 5.41) is 17.4. The monoisotopic (exact) mass is 404 g/mol. The number of benzene rings is 2. The molecule has 0 bridgehead atoms. The Morgan fingerprint density at radius 1 is 0.897 bits per heavy atom. The van der Waals surface area contributed by atoms with E-state index in [1.165, 1.54) is 0 Å². The minimum Gasteiger partial charge on any atom is -0.450 e. The smallest absolute Gasteiger partial charge is 0.450 e. The molecule has 0 saturated carbocycles. The van der Waals surface area contributed by atoms with E-state index in [1.807, 2.05) is 60.7 Å². The van der Waals surface area contributed by atoms with Crippen molar-refractivity contribution in [2.75, 3.05) is 13.2 Å². The highest BCUT2D eigenvalue weighted by molar-refractivity contribution is 5.59. The minimum absolute atomic E-state index is 0.116.